The first-order valence-corrected chi connectivity index (χ1v) is 21.0. The number of rotatable bonds is 13. The highest BCUT2D eigenvalue weighted by atomic mass is 28.3. The van der Waals surface area contributed by atoms with E-state index in [1.54, 1.807) is 0 Å². The van der Waals surface area contributed by atoms with Crippen LogP contribution in [0.3, 0.4) is 0 Å². The lowest BCUT2D eigenvalue weighted by Gasteiger charge is -2.52. The van der Waals surface area contributed by atoms with Gasteiger partial charge in [0.2, 0.25) is 0 Å². The smallest absolute Gasteiger partial charge is 0.461 e. The molecule has 0 amide bonds. The van der Waals surface area contributed by atoms with Crippen molar-refractivity contribution in [1.82, 2.24) is 0 Å². The molecule has 10 heteroatoms. The summed E-state index contributed by atoms with van der Waals surface area (Å²) in [5, 5.41) is 0. The van der Waals surface area contributed by atoms with Crippen molar-refractivity contribution in [2.75, 3.05) is 26.6 Å². The topological polar surface area (TPSA) is 98.8 Å². The summed E-state index contributed by atoms with van der Waals surface area (Å²) in [7, 11) is -1.31. The second-order valence-electron chi connectivity index (χ2n) is 16.4. The summed E-state index contributed by atoms with van der Waals surface area (Å²) >= 11 is 0. The maximum atomic E-state index is 13.3. The Bertz CT molecular complexity index is 1330. The van der Waals surface area contributed by atoms with Crippen LogP contribution in [0.15, 0.2) is 53.6 Å². The van der Waals surface area contributed by atoms with Crippen molar-refractivity contribution in [2.24, 2.45) is 16.7 Å². The predicted molar refractivity (Wildman–Crippen MR) is 187 cm³/mol. The number of hydrogen-bond donors (Lipinski definition) is 0. The van der Waals surface area contributed by atoms with E-state index in [4.69, 9.17) is 33.2 Å². The Morgan fingerprint density at radius 2 is 1.83 bits per heavy atom. The standard InChI is InChI=1S/C38H58O9Si/c1-25(2)30(31(44-24-41-21-22-48(9,10)11)29-18-20-42-33(45-29)27-15-13-12-14-16-27)32-38(47-35(40)46-32)19-17-26(3)28(37(38,7)8)23-43-34(39)36(4,5)6/h12-16,29-33H,1,17-24H2,2-11H3/t29-,30-,31-,32-,33?,38+/m0/s1. The third-order valence-electron chi connectivity index (χ3n) is 10.1. The fraction of sp³-hybridized carbons (Fsp3) is 0.684. The van der Waals surface area contributed by atoms with Crippen molar-refractivity contribution < 1.29 is 42.7 Å². The van der Waals surface area contributed by atoms with Gasteiger partial charge in [-0.3, -0.25) is 4.79 Å². The lowest BCUT2D eigenvalue weighted by Crippen LogP contribution is -2.61. The first-order valence-electron chi connectivity index (χ1n) is 17.3. The molecular weight excluding hydrogens is 628 g/mol. The molecule has 1 spiro atoms. The van der Waals surface area contributed by atoms with Gasteiger partial charge in [0.15, 0.2) is 18.0 Å². The van der Waals surface area contributed by atoms with Crippen LogP contribution in [-0.4, -0.2) is 70.7 Å². The summed E-state index contributed by atoms with van der Waals surface area (Å²) in [4.78, 5) is 26.1. The van der Waals surface area contributed by atoms with Crippen LogP contribution >= 0.6 is 0 Å². The molecule has 6 atom stereocenters. The van der Waals surface area contributed by atoms with Crippen LogP contribution < -0.4 is 0 Å². The summed E-state index contributed by atoms with van der Waals surface area (Å²) < 4.78 is 43.7. The van der Waals surface area contributed by atoms with Gasteiger partial charge in [0, 0.05) is 31.6 Å². The van der Waals surface area contributed by atoms with Crippen LogP contribution in [0.5, 0.6) is 0 Å². The minimum atomic E-state index is -1.31. The van der Waals surface area contributed by atoms with Crippen LogP contribution in [0.2, 0.25) is 25.7 Å². The predicted octanol–water partition coefficient (Wildman–Crippen LogP) is 8.38. The van der Waals surface area contributed by atoms with Gasteiger partial charge in [-0.05, 0) is 65.5 Å². The van der Waals surface area contributed by atoms with E-state index < -0.39 is 61.2 Å². The fourth-order valence-electron chi connectivity index (χ4n) is 7.05. The maximum Gasteiger partial charge on any atom is 0.509 e. The van der Waals surface area contributed by atoms with Gasteiger partial charge >= 0.3 is 12.1 Å². The molecule has 48 heavy (non-hydrogen) atoms. The van der Waals surface area contributed by atoms with Gasteiger partial charge in [-0.2, -0.15) is 0 Å². The number of cyclic esters (lactones) is 1. The maximum absolute atomic E-state index is 13.3. The van der Waals surface area contributed by atoms with E-state index in [9.17, 15) is 9.59 Å². The molecule has 1 unspecified atom stereocenters. The summed E-state index contributed by atoms with van der Waals surface area (Å²) in [5.41, 5.74) is 1.25. The lowest BCUT2D eigenvalue weighted by molar-refractivity contribution is -0.262. The highest BCUT2D eigenvalue weighted by Gasteiger charge is 2.66. The average molecular weight is 687 g/mol. The molecule has 0 N–H and O–H groups in total. The van der Waals surface area contributed by atoms with Crippen molar-refractivity contribution in [3.63, 3.8) is 0 Å². The molecular formula is C38H58O9Si. The zero-order valence-electron chi connectivity index (χ0n) is 30.8. The Morgan fingerprint density at radius 1 is 1.15 bits per heavy atom. The van der Waals surface area contributed by atoms with Crippen molar-refractivity contribution in [2.45, 2.75) is 124 Å². The monoisotopic (exact) mass is 686 g/mol. The normalized spacial score (nSPS) is 27.3. The van der Waals surface area contributed by atoms with Crippen molar-refractivity contribution >= 4 is 20.2 Å². The summed E-state index contributed by atoms with van der Waals surface area (Å²) in [6.45, 7) is 26.1. The molecule has 2 saturated heterocycles. The Kier molecular flexibility index (Phi) is 12.1. The van der Waals surface area contributed by atoms with Gasteiger partial charge in [-0.1, -0.05) is 81.5 Å². The molecule has 2 heterocycles. The van der Waals surface area contributed by atoms with E-state index in [0.29, 0.717) is 32.5 Å². The number of allylic oxidation sites excluding steroid dienone is 1. The molecule has 0 saturated carbocycles. The molecule has 1 aliphatic carbocycles. The molecule has 0 radical (unpaired) electrons. The minimum absolute atomic E-state index is 0.0561. The Morgan fingerprint density at radius 3 is 2.46 bits per heavy atom. The van der Waals surface area contributed by atoms with Crippen LogP contribution in [0.4, 0.5) is 4.79 Å². The third-order valence-corrected chi connectivity index (χ3v) is 11.8. The number of ether oxygens (including phenoxy) is 7. The molecule has 1 aromatic carbocycles. The number of esters is 1. The molecule has 268 valence electrons. The number of benzene rings is 1. The van der Waals surface area contributed by atoms with Crippen LogP contribution in [0, 0.1) is 16.7 Å². The van der Waals surface area contributed by atoms with Gasteiger partial charge in [0.05, 0.1) is 24.2 Å². The minimum Gasteiger partial charge on any atom is -0.461 e. The highest BCUT2D eigenvalue weighted by Crippen LogP contribution is 2.57. The summed E-state index contributed by atoms with van der Waals surface area (Å²) in [5.74, 6) is -0.797. The molecule has 0 aromatic heterocycles. The van der Waals surface area contributed by atoms with Gasteiger partial charge in [-0.15, -0.1) is 0 Å². The van der Waals surface area contributed by atoms with E-state index in [1.165, 1.54) is 0 Å². The van der Waals surface area contributed by atoms with Gasteiger partial charge in [-0.25, -0.2) is 4.79 Å². The van der Waals surface area contributed by atoms with Crippen LogP contribution in [-0.2, 0) is 38.0 Å². The van der Waals surface area contributed by atoms with Crippen LogP contribution in [0.25, 0.3) is 0 Å². The number of carbonyl (C=O) groups excluding carboxylic acids is 2. The molecule has 2 fully saturated rings. The molecule has 1 aromatic rings. The van der Waals surface area contributed by atoms with Crippen molar-refractivity contribution in [3.05, 3.63) is 59.2 Å². The van der Waals surface area contributed by atoms with E-state index in [2.05, 4.69) is 33.1 Å². The fourth-order valence-corrected chi connectivity index (χ4v) is 7.81. The Hall–Kier alpha value is -2.50. The largest absolute Gasteiger partial charge is 0.509 e. The molecule has 0 bridgehead atoms. The Balaban J connectivity index is 1.69. The lowest BCUT2D eigenvalue weighted by atomic mass is 9.57. The van der Waals surface area contributed by atoms with E-state index >= 15 is 0 Å². The third kappa shape index (κ3) is 8.61. The van der Waals surface area contributed by atoms with Crippen molar-refractivity contribution in [1.29, 1.82) is 0 Å². The second-order valence-corrected chi connectivity index (χ2v) is 22.0. The Labute approximate surface area is 288 Å². The van der Waals surface area contributed by atoms with E-state index in [1.807, 2.05) is 71.9 Å². The zero-order chi connectivity index (χ0) is 35.5. The molecule has 3 aliphatic rings. The quantitative estimate of drug-likeness (QED) is 0.0666. The zero-order valence-corrected chi connectivity index (χ0v) is 31.8. The second kappa shape index (κ2) is 15.2. The first kappa shape index (κ1) is 38.3. The average Bonchev–Trinajstić information content (AvgIpc) is 3.34. The van der Waals surface area contributed by atoms with Gasteiger partial charge < -0.3 is 33.2 Å². The highest BCUT2D eigenvalue weighted by molar-refractivity contribution is 6.76. The van der Waals surface area contributed by atoms with Gasteiger partial charge in [0.1, 0.15) is 13.4 Å². The van der Waals surface area contributed by atoms with Crippen molar-refractivity contribution in [3.8, 4) is 0 Å². The number of hydrogen-bond acceptors (Lipinski definition) is 9. The van der Waals surface area contributed by atoms with E-state index in [-0.39, 0.29) is 19.4 Å². The summed E-state index contributed by atoms with van der Waals surface area (Å²) in [6, 6.07) is 10.8. The first-order chi connectivity index (χ1) is 22.4. The van der Waals surface area contributed by atoms with E-state index in [0.717, 1.165) is 28.3 Å². The summed E-state index contributed by atoms with van der Waals surface area (Å²) in [6.07, 6.45) is -1.33. The SMILES string of the molecule is C=C(C)[C@@H]([C@@H](OCOCC[Si](C)(C)C)[C@@H]1CCOC(c2ccccc2)O1)[C@@H]1OC(=O)O[C@]12CCC(C)=C(COC(=O)C(C)(C)C)C2(C)C. The van der Waals surface area contributed by atoms with Crippen LogP contribution in [0.1, 0.15) is 79.6 Å². The molecule has 9 nitrogen and oxygen atoms in total. The van der Waals surface area contributed by atoms with Gasteiger partial charge in [0.25, 0.3) is 0 Å². The molecule has 2 aliphatic heterocycles. The molecule has 4 rings (SSSR count). The number of carbonyl (C=O) groups is 2.